The zero-order chi connectivity index (χ0) is 23.4. The molecule has 0 aromatic heterocycles. The van der Waals surface area contributed by atoms with Crippen molar-refractivity contribution in [1.82, 2.24) is 0 Å². The first kappa shape index (κ1) is 25.8. The van der Waals surface area contributed by atoms with Crippen molar-refractivity contribution in [2.24, 2.45) is 10.8 Å². The van der Waals surface area contributed by atoms with Crippen LogP contribution in [0.1, 0.15) is 46.1 Å². The molecule has 0 radical (unpaired) electrons. The number of carbonyl (C=O) groups is 2. The van der Waals surface area contributed by atoms with Crippen LogP contribution in [0.4, 0.5) is 26.3 Å². The molecule has 0 saturated heterocycles. The highest BCUT2D eigenvalue weighted by atomic mass is 19.4. The third-order valence-electron chi connectivity index (χ3n) is 4.69. The Morgan fingerprint density at radius 3 is 1.83 bits per heavy atom. The first-order chi connectivity index (χ1) is 13.5. The maximum Gasteiger partial charge on any atom is 0.434 e. The van der Waals surface area contributed by atoms with Gasteiger partial charge in [-0.1, -0.05) is 37.3 Å². The summed E-state index contributed by atoms with van der Waals surface area (Å²) in [6.07, 6.45) is -16.4. The Morgan fingerprint density at radius 1 is 0.900 bits per heavy atom. The summed E-state index contributed by atoms with van der Waals surface area (Å²) in [6, 6.07) is 8.65. The molecular formula is C20H24F6O4. The van der Waals surface area contributed by atoms with Crippen molar-refractivity contribution in [3.8, 4) is 0 Å². The number of carbonyl (C=O) groups excluding carboxylic acids is 2. The molecule has 1 unspecified atom stereocenters. The van der Waals surface area contributed by atoms with Crippen LogP contribution in [0.3, 0.4) is 0 Å². The minimum atomic E-state index is -5.81. The van der Waals surface area contributed by atoms with Gasteiger partial charge in [0.15, 0.2) is 0 Å². The van der Waals surface area contributed by atoms with Crippen molar-refractivity contribution in [2.45, 2.75) is 65.6 Å². The van der Waals surface area contributed by atoms with E-state index in [1.165, 1.54) is 20.8 Å². The van der Waals surface area contributed by atoms with E-state index >= 15 is 0 Å². The number of rotatable bonds is 8. The SMILES string of the molecule is CCC(C)(CC(C)(C)C(=O)OCc1ccccc1)C(=O)OC(C(F)(F)F)C(F)(F)F. The number of esters is 2. The first-order valence-corrected chi connectivity index (χ1v) is 9.08. The Balaban J connectivity index is 2.93. The minimum Gasteiger partial charge on any atom is -0.460 e. The van der Waals surface area contributed by atoms with Crippen molar-refractivity contribution >= 4 is 11.9 Å². The second-order valence-corrected chi connectivity index (χ2v) is 7.91. The van der Waals surface area contributed by atoms with Gasteiger partial charge in [0.1, 0.15) is 6.61 Å². The van der Waals surface area contributed by atoms with E-state index in [1.807, 2.05) is 0 Å². The summed E-state index contributed by atoms with van der Waals surface area (Å²) < 4.78 is 85.4. The molecule has 30 heavy (non-hydrogen) atoms. The Labute approximate surface area is 170 Å². The van der Waals surface area contributed by atoms with Crippen molar-refractivity contribution in [2.75, 3.05) is 0 Å². The van der Waals surface area contributed by atoms with Crippen molar-refractivity contribution < 1.29 is 45.4 Å². The van der Waals surface area contributed by atoms with E-state index in [1.54, 1.807) is 30.3 Å². The molecule has 4 nitrogen and oxygen atoms in total. The summed E-state index contributed by atoms with van der Waals surface area (Å²) in [5.74, 6) is -2.43. The lowest BCUT2D eigenvalue weighted by molar-refractivity contribution is -0.315. The summed E-state index contributed by atoms with van der Waals surface area (Å²) in [7, 11) is 0. The van der Waals surface area contributed by atoms with Gasteiger partial charge in [0.2, 0.25) is 0 Å². The van der Waals surface area contributed by atoms with Crippen LogP contribution in [0.25, 0.3) is 0 Å². The van der Waals surface area contributed by atoms with E-state index < -0.39 is 41.2 Å². The molecule has 0 fully saturated rings. The molecule has 10 heteroatoms. The van der Waals surface area contributed by atoms with Crippen LogP contribution >= 0.6 is 0 Å². The Kier molecular flexibility index (Phi) is 7.96. The summed E-state index contributed by atoms with van der Waals surface area (Å²) in [5.41, 5.74) is -2.45. The Hall–Kier alpha value is -2.26. The smallest absolute Gasteiger partial charge is 0.434 e. The summed E-state index contributed by atoms with van der Waals surface area (Å²) >= 11 is 0. The first-order valence-electron chi connectivity index (χ1n) is 9.08. The lowest BCUT2D eigenvalue weighted by atomic mass is 9.72. The lowest BCUT2D eigenvalue weighted by Gasteiger charge is -2.35. The average Bonchev–Trinajstić information content (AvgIpc) is 2.62. The van der Waals surface area contributed by atoms with Gasteiger partial charge in [-0.25, -0.2) is 0 Å². The van der Waals surface area contributed by atoms with Gasteiger partial charge in [0, 0.05) is 0 Å². The van der Waals surface area contributed by atoms with Gasteiger partial charge in [-0.15, -0.1) is 0 Å². The van der Waals surface area contributed by atoms with Crippen LogP contribution in [0.15, 0.2) is 30.3 Å². The number of hydrogen-bond donors (Lipinski definition) is 0. The fraction of sp³-hybridized carbons (Fsp3) is 0.600. The number of alkyl halides is 6. The van der Waals surface area contributed by atoms with Crippen LogP contribution < -0.4 is 0 Å². The molecule has 0 spiro atoms. The zero-order valence-corrected chi connectivity index (χ0v) is 17.0. The van der Waals surface area contributed by atoms with Gasteiger partial charge in [0.05, 0.1) is 10.8 Å². The fourth-order valence-electron chi connectivity index (χ4n) is 2.88. The van der Waals surface area contributed by atoms with Crippen LogP contribution in [-0.4, -0.2) is 30.4 Å². The van der Waals surface area contributed by atoms with Crippen LogP contribution in [0.5, 0.6) is 0 Å². The predicted octanol–water partition coefficient (Wildman–Crippen LogP) is 5.60. The summed E-state index contributed by atoms with van der Waals surface area (Å²) in [6.45, 7) is 5.29. The van der Waals surface area contributed by atoms with Crippen LogP contribution in [0, 0.1) is 10.8 Å². The molecule has 1 atom stereocenters. The maximum atomic E-state index is 12.7. The third-order valence-corrected chi connectivity index (χ3v) is 4.69. The highest BCUT2D eigenvalue weighted by Gasteiger charge is 2.61. The highest BCUT2D eigenvalue weighted by molar-refractivity contribution is 5.80. The quantitative estimate of drug-likeness (QED) is 0.389. The third kappa shape index (κ3) is 6.91. The fourth-order valence-corrected chi connectivity index (χ4v) is 2.88. The molecule has 1 aromatic carbocycles. The molecule has 1 rings (SSSR count). The van der Waals surface area contributed by atoms with E-state index in [0.717, 1.165) is 6.92 Å². The zero-order valence-electron chi connectivity index (χ0n) is 17.0. The van der Waals surface area contributed by atoms with Gasteiger partial charge in [0.25, 0.3) is 6.10 Å². The van der Waals surface area contributed by atoms with E-state index in [2.05, 4.69) is 4.74 Å². The topological polar surface area (TPSA) is 52.6 Å². The molecular weight excluding hydrogens is 418 g/mol. The van der Waals surface area contributed by atoms with Gasteiger partial charge in [-0.05, 0) is 39.2 Å². The van der Waals surface area contributed by atoms with Gasteiger partial charge in [-0.2, -0.15) is 26.3 Å². The number of halogens is 6. The maximum absolute atomic E-state index is 12.7. The van der Waals surface area contributed by atoms with E-state index in [0.29, 0.717) is 5.56 Å². The summed E-state index contributed by atoms with van der Waals surface area (Å²) in [5, 5.41) is 0. The normalized spacial score (nSPS) is 14.9. The Morgan fingerprint density at radius 2 is 1.40 bits per heavy atom. The average molecular weight is 442 g/mol. The second kappa shape index (κ2) is 9.26. The van der Waals surface area contributed by atoms with Gasteiger partial charge >= 0.3 is 24.3 Å². The van der Waals surface area contributed by atoms with Crippen molar-refractivity contribution in [1.29, 1.82) is 0 Å². The van der Waals surface area contributed by atoms with E-state index in [-0.39, 0.29) is 19.4 Å². The number of hydrogen-bond acceptors (Lipinski definition) is 4. The molecule has 0 aliphatic heterocycles. The molecule has 0 amide bonds. The van der Waals surface area contributed by atoms with E-state index in [4.69, 9.17) is 4.74 Å². The molecule has 0 aliphatic rings. The standard InChI is InChI=1S/C20H24F6O4/c1-5-18(4,16(28)30-14(19(21,22)23)20(24,25)26)12-17(2,3)15(27)29-11-13-9-7-6-8-10-13/h6-10,14H,5,11-12H2,1-4H3. The molecule has 0 saturated carbocycles. The molecule has 0 aliphatic carbocycles. The minimum absolute atomic E-state index is 0.0688. The largest absolute Gasteiger partial charge is 0.460 e. The number of ether oxygens (including phenoxy) is 2. The van der Waals surface area contributed by atoms with Crippen LogP contribution in [0.2, 0.25) is 0 Å². The lowest BCUT2D eigenvalue weighted by Crippen LogP contribution is -2.48. The molecule has 1 aromatic rings. The monoisotopic (exact) mass is 442 g/mol. The number of benzene rings is 1. The van der Waals surface area contributed by atoms with E-state index in [9.17, 15) is 35.9 Å². The predicted molar refractivity (Wildman–Crippen MR) is 95.0 cm³/mol. The van der Waals surface area contributed by atoms with Crippen molar-refractivity contribution in [3.05, 3.63) is 35.9 Å². The van der Waals surface area contributed by atoms with Gasteiger partial charge in [-0.3, -0.25) is 9.59 Å². The van der Waals surface area contributed by atoms with Crippen molar-refractivity contribution in [3.63, 3.8) is 0 Å². The molecule has 0 N–H and O–H groups in total. The van der Waals surface area contributed by atoms with Crippen LogP contribution in [-0.2, 0) is 25.7 Å². The summed E-state index contributed by atoms with van der Waals surface area (Å²) in [4.78, 5) is 24.8. The van der Waals surface area contributed by atoms with Gasteiger partial charge < -0.3 is 9.47 Å². The highest BCUT2D eigenvalue weighted by Crippen LogP contribution is 2.42. The Bertz CT molecular complexity index is 713. The molecule has 170 valence electrons. The molecule has 0 heterocycles. The molecule has 0 bridgehead atoms. The second-order valence-electron chi connectivity index (χ2n) is 7.91.